The third-order valence-electron chi connectivity index (χ3n) is 3.73. The fraction of sp³-hybridized carbons (Fsp3) is 0. The molecule has 0 spiro atoms. The molecule has 3 nitrogen and oxygen atoms in total. The number of aromatic carboxylic acids is 1. The van der Waals surface area contributed by atoms with Gasteiger partial charge in [0.1, 0.15) is 0 Å². The maximum absolute atomic E-state index is 11.2. The van der Waals surface area contributed by atoms with Gasteiger partial charge in [-0.1, -0.05) is 24.3 Å². The van der Waals surface area contributed by atoms with Crippen LogP contribution in [-0.4, -0.2) is 16.1 Å². The molecule has 0 bridgehead atoms. The predicted octanol–water partition coefficient (Wildman–Crippen LogP) is 4.17. The summed E-state index contributed by atoms with van der Waals surface area (Å²) < 4.78 is 0. The van der Waals surface area contributed by atoms with Gasteiger partial charge < -0.3 is 10.1 Å². The van der Waals surface area contributed by atoms with Crippen LogP contribution in [0.15, 0.2) is 54.7 Å². The molecular formula is C17H11NO2. The van der Waals surface area contributed by atoms with Crippen LogP contribution in [0.2, 0.25) is 0 Å². The van der Waals surface area contributed by atoms with E-state index in [9.17, 15) is 9.90 Å². The van der Waals surface area contributed by atoms with Gasteiger partial charge in [0.05, 0.1) is 5.56 Å². The number of fused-ring (bicyclic) bond motifs is 3. The lowest BCUT2D eigenvalue weighted by atomic mass is 10.0. The molecule has 2 N–H and O–H groups in total. The van der Waals surface area contributed by atoms with Gasteiger partial charge in [-0.25, -0.2) is 4.79 Å². The lowest BCUT2D eigenvalue weighted by molar-refractivity contribution is 0.0699. The molecule has 4 rings (SSSR count). The van der Waals surface area contributed by atoms with Crippen LogP contribution in [0.25, 0.3) is 32.4 Å². The van der Waals surface area contributed by atoms with Crippen LogP contribution in [0.1, 0.15) is 10.4 Å². The zero-order valence-corrected chi connectivity index (χ0v) is 10.6. The predicted molar refractivity (Wildman–Crippen MR) is 80.3 cm³/mol. The van der Waals surface area contributed by atoms with Crippen molar-refractivity contribution in [2.24, 2.45) is 0 Å². The minimum Gasteiger partial charge on any atom is -0.478 e. The molecule has 1 heterocycles. The van der Waals surface area contributed by atoms with Gasteiger partial charge in [-0.3, -0.25) is 0 Å². The summed E-state index contributed by atoms with van der Waals surface area (Å²) >= 11 is 0. The Morgan fingerprint density at radius 3 is 2.20 bits per heavy atom. The molecule has 3 heteroatoms. The van der Waals surface area contributed by atoms with Crippen molar-refractivity contribution in [1.82, 2.24) is 4.98 Å². The third kappa shape index (κ3) is 1.50. The first-order valence-corrected chi connectivity index (χ1v) is 6.39. The highest BCUT2D eigenvalue weighted by atomic mass is 16.4. The molecule has 1 aromatic heterocycles. The molecule has 0 aliphatic rings. The van der Waals surface area contributed by atoms with Crippen LogP contribution >= 0.6 is 0 Å². The maximum atomic E-state index is 11.2. The van der Waals surface area contributed by atoms with Crippen molar-refractivity contribution in [3.05, 3.63) is 60.3 Å². The number of aromatic amines is 1. The summed E-state index contributed by atoms with van der Waals surface area (Å²) in [6.07, 6.45) is 1.55. The number of rotatable bonds is 1. The lowest BCUT2D eigenvalue weighted by Crippen LogP contribution is -1.93. The number of carboxylic acid groups (broad SMARTS) is 1. The van der Waals surface area contributed by atoms with E-state index in [0.29, 0.717) is 5.56 Å². The minimum atomic E-state index is -0.906. The molecule has 96 valence electrons. The van der Waals surface area contributed by atoms with Crippen LogP contribution in [-0.2, 0) is 0 Å². The highest BCUT2D eigenvalue weighted by Gasteiger charge is 2.11. The van der Waals surface area contributed by atoms with Crippen molar-refractivity contribution in [3.8, 4) is 0 Å². The highest BCUT2D eigenvalue weighted by Crippen LogP contribution is 2.28. The fourth-order valence-corrected chi connectivity index (χ4v) is 2.74. The topological polar surface area (TPSA) is 53.1 Å². The van der Waals surface area contributed by atoms with E-state index in [-0.39, 0.29) is 0 Å². The first kappa shape index (κ1) is 11.1. The Bertz CT molecular complexity index is 982. The summed E-state index contributed by atoms with van der Waals surface area (Å²) in [5, 5.41) is 14.4. The molecule has 0 aliphatic heterocycles. The molecular weight excluding hydrogens is 250 g/mol. The lowest BCUT2D eigenvalue weighted by Gasteiger charge is -2.03. The Balaban J connectivity index is 2.14. The molecule has 0 radical (unpaired) electrons. The standard InChI is InChI=1S/C17H11NO2/c19-17(20)15-9-18-16-8-13-6-11-4-2-1-3-10(11)5-12(13)7-14(15)16/h1-9,18H,(H,19,20). The summed E-state index contributed by atoms with van der Waals surface area (Å²) in [4.78, 5) is 14.2. The van der Waals surface area contributed by atoms with Crippen molar-refractivity contribution >= 4 is 38.4 Å². The van der Waals surface area contributed by atoms with E-state index in [0.717, 1.165) is 27.1 Å². The summed E-state index contributed by atoms with van der Waals surface area (Å²) in [5.41, 5.74) is 1.17. The van der Waals surface area contributed by atoms with Gasteiger partial charge >= 0.3 is 5.97 Å². The quantitative estimate of drug-likeness (QED) is 0.505. The fourth-order valence-electron chi connectivity index (χ4n) is 2.74. The molecule has 0 amide bonds. The van der Waals surface area contributed by atoms with Crippen molar-refractivity contribution in [1.29, 1.82) is 0 Å². The van der Waals surface area contributed by atoms with Crippen LogP contribution in [0, 0.1) is 0 Å². The van der Waals surface area contributed by atoms with Crippen molar-refractivity contribution in [3.63, 3.8) is 0 Å². The number of carbonyl (C=O) groups is 1. The SMILES string of the molecule is O=C(O)c1c[nH]c2cc3cc4ccccc4cc3cc12. The second-order valence-corrected chi connectivity index (χ2v) is 4.95. The monoisotopic (exact) mass is 261 g/mol. The number of aromatic nitrogens is 1. The molecule has 4 aromatic rings. The summed E-state index contributed by atoms with van der Waals surface area (Å²) in [7, 11) is 0. The Morgan fingerprint density at radius 1 is 0.900 bits per heavy atom. The average molecular weight is 261 g/mol. The second-order valence-electron chi connectivity index (χ2n) is 4.95. The van der Waals surface area contributed by atoms with E-state index in [4.69, 9.17) is 0 Å². The second kappa shape index (κ2) is 3.84. The van der Waals surface area contributed by atoms with Crippen molar-refractivity contribution in [2.45, 2.75) is 0 Å². The first-order valence-electron chi connectivity index (χ1n) is 6.39. The molecule has 0 saturated carbocycles. The Morgan fingerprint density at radius 2 is 1.55 bits per heavy atom. The van der Waals surface area contributed by atoms with E-state index in [1.165, 1.54) is 5.39 Å². The maximum Gasteiger partial charge on any atom is 0.337 e. The molecule has 0 unspecified atom stereocenters. The summed E-state index contributed by atoms with van der Waals surface area (Å²) in [6, 6.07) is 16.3. The Labute approximate surface area is 114 Å². The van der Waals surface area contributed by atoms with Crippen LogP contribution in [0.4, 0.5) is 0 Å². The summed E-state index contributed by atoms with van der Waals surface area (Å²) in [5.74, 6) is -0.906. The largest absolute Gasteiger partial charge is 0.478 e. The molecule has 0 aliphatic carbocycles. The minimum absolute atomic E-state index is 0.315. The van der Waals surface area contributed by atoms with E-state index < -0.39 is 5.97 Å². The van der Waals surface area contributed by atoms with E-state index in [1.807, 2.05) is 24.3 Å². The number of hydrogen-bond acceptors (Lipinski definition) is 1. The number of carboxylic acids is 1. The molecule has 20 heavy (non-hydrogen) atoms. The highest BCUT2D eigenvalue weighted by molar-refractivity contribution is 6.10. The van der Waals surface area contributed by atoms with Crippen molar-refractivity contribution < 1.29 is 9.90 Å². The molecule has 0 saturated heterocycles. The normalized spacial score (nSPS) is 11.4. The van der Waals surface area contributed by atoms with Gasteiger partial charge in [0.25, 0.3) is 0 Å². The smallest absolute Gasteiger partial charge is 0.337 e. The first-order chi connectivity index (χ1) is 9.72. The summed E-state index contributed by atoms with van der Waals surface area (Å²) in [6.45, 7) is 0. The molecule has 0 fully saturated rings. The van der Waals surface area contributed by atoms with E-state index >= 15 is 0 Å². The molecule has 3 aromatic carbocycles. The number of hydrogen-bond donors (Lipinski definition) is 2. The Hall–Kier alpha value is -2.81. The number of nitrogens with one attached hydrogen (secondary N) is 1. The average Bonchev–Trinajstić information content (AvgIpc) is 2.85. The van der Waals surface area contributed by atoms with Gasteiger partial charge in [-0.2, -0.15) is 0 Å². The third-order valence-corrected chi connectivity index (χ3v) is 3.73. The number of benzene rings is 3. The number of H-pyrrole nitrogens is 1. The van der Waals surface area contributed by atoms with Gasteiger partial charge in [-0.05, 0) is 45.8 Å². The van der Waals surface area contributed by atoms with Crippen LogP contribution in [0.3, 0.4) is 0 Å². The van der Waals surface area contributed by atoms with E-state index in [2.05, 4.69) is 29.2 Å². The molecule has 0 atom stereocenters. The van der Waals surface area contributed by atoms with Crippen molar-refractivity contribution in [2.75, 3.05) is 0 Å². The van der Waals surface area contributed by atoms with Crippen LogP contribution in [0.5, 0.6) is 0 Å². The Kier molecular flexibility index (Phi) is 2.12. The van der Waals surface area contributed by atoms with Gasteiger partial charge in [0, 0.05) is 17.1 Å². The van der Waals surface area contributed by atoms with Gasteiger partial charge in [-0.15, -0.1) is 0 Å². The van der Waals surface area contributed by atoms with Crippen LogP contribution < -0.4 is 0 Å². The van der Waals surface area contributed by atoms with E-state index in [1.54, 1.807) is 6.20 Å². The zero-order chi connectivity index (χ0) is 13.7. The van der Waals surface area contributed by atoms with Gasteiger partial charge in [0.2, 0.25) is 0 Å². The zero-order valence-electron chi connectivity index (χ0n) is 10.6. The van der Waals surface area contributed by atoms with Gasteiger partial charge in [0.15, 0.2) is 0 Å².